The van der Waals surface area contributed by atoms with E-state index in [2.05, 4.69) is 130 Å². The van der Waals surface area contributed by atoms with Gasteiger partial charge in [0.1, 0.15) is 13.2 Å². The number of hydrogen-bond donors (Lipinski definition) is 0. The number of ether oxygens (including phenoxy) is 3. The Bertz CT molecular complexity index is 1340. The van der Waals surface area contributed by atoms with E-state index in [-0.39, 0.29) is 37.5 Å². The van der Waals surface area contributed by atoms with Crippen LogP contribution in [0.2, 0.25) is 0 Å². The van der Waals surface area contributed by atoms with Crippen molar-refractivity contribution in [1.29, 1.82) is 0 Å². The molecule has 0 aromatic rings. The van der Waals surface area contributed by atoms with Gasteiger partial charge in [0.15, 0.2) is 6.10 Å². The Balaban J connectivity index is 4.40. The van der Waals surface area contributed by atoms with Crippen LogP contribution in [0, 0.1) is 0 Å². The maximum atomic E-state index is 12.8. The topological polar surface area (TPSA) is 78.9 Å². The second-order valence-electron chi connectivity index (χ2n) is 16.7. The summed E-state index contributed by atoms with van der Waals surface area (Å²) in [4.78, 5) is 37.9. The minimum absolute atomic E-state index is 0.0989. The molecule has 362 valence electrons. The summed E-state index contributed by atoms with van der Waals surface area (Å²) in [5.41, 5.74) is 0. The van der Waals surface area contributed by atoms with Gasteiger partial charge in [-0.15, -0.1) is 0 Å². The molecule has 0 saturated carbocycles. The predicted molar refractivity (Wildman–Crippen MR) is 274 cm³/mol. The number of rotatable bonds is 45. The first-order valence-corrected chi connectivity index (χ1v) is 25.9. The Morgan fingerprint density at radius 1 is 0.328 bits per heavy atom. The molecule has 0 aliphatic carbocycles. The van der Waals surface area contributed by atoms with Crippen LogP contribution in [0.4, 0.5) is 0 Å². The number of carbonyl (C=O) groups excluding carboxylic acids is 3. The molecule has 0 saturated heterocycles. The molecule has 1 unspecified atom stereocenters. The summed E-state index contributed by atoms with van der Waals surface area (Å²) >= 11 is 0. The molecule has 0 bridgehead atoms. The molecule has 0 rings (SSSR count). The first-order chi connectivity index (χ1) is 31.5. The normalized spacial score (nSPS) is 13.0. The van der Waals surface area contributed by atoms with Gasteiger partial charge >= 0.3 is 17.9 Å². The number of carbonyl (C=O) groups is 3. The van der Waals surface area contributed by atoms with Crippen molar-refractivity contribution in [2.75, 3.05) is 13.2 Å². The van der Waals surface area contributed by atoms with Gasteiger partial charge in [0, 0.05) is 19.3 Å². The second-order valence-corrected chi connectivity index (χ2v) is 16.7. The molecule has 6 heteroatoms. The van der Waals surface area contributed by atoms with E-state index >= 15 is 0 Å². The molecular weight excluding hydrogens is 793 g/mol. The summed E-state index contributed by atoms with van der Waals surface area (Å²) in [7, 11) is 0. The molecule has 0 radical (unpaired) electrons. The third-order valence-corrected chi connectivity index (χ3v) is 10.5. The number of esters is 3. The molecule has 0 amide bonds. The number of hydrogen-bond acceptors (Lipinski definition) is 6. The Kier molecular flexibility index (Phi) is 48.5. The van der Waals surface area contributed by atoms with Gasteiger partial charge in [-0.05, 0) is 103 Å². The second kappa shape index (κ2) is 51.7. The minimum atomic E-state index is -0.803. The van der Waals surface area contributed by atoms with E-state index in [1.165, 1.54) is 44.9 Å². The quantitative estimate of drug-likeness (QED) is 0.0262. The van der Waals surface area contributed by atoms with Crippen LogP contribution in [0.25, 0.3) is 0 Å². The standard InChI is InChI=1S/C58H94O6/c1-4-7-10-13-16-19-22-24-25-26-27-28-29-30-31-32-33-35-36-39-42-45-48-51-57(60)63-54-55(53-62-56(59)50-47-44-41-38-21-18-15-12-9-6-3)64-58(61)52-49-46-43-40-37-34-23-20-17-14-11-8-5-2/h7-8,10-11,16-17,19-20,24-25,27-28,30-31,33-35,37,55H,4-6,9,12-15,18,21-23,26,29,32,36,38-54H2,1-3H3/b10-7-,11-8-,19-16-,20-17-,25-24-,28-27-,31-30-,35-33-,37-34-. The average Bonchev–Trinajstić information content (AvgIpc) is 3.29. The zero-order valence-corrected chi connectivity index (χ0v) is 41.3. The van der Waals surface area contributed by atoms with E-state index in [1.54, 1.807) is 0 Å². The van der Waals surface area contributed by atoms with Gasteiger partial charge in [-0.25, -0.2) is 0 Å². The van der Waals surface area contributed by atoms with Crippen LogP contribution >= 0.6 is 0 Å². The molecule has 0 fully saturated rings. The van der Waals surface area contributed by atoms with E-state index in [9.17, 15) is 14.4 Å². The van der Waals surface area contributed by atoms with Gasteiger partial charge in [-0.2, -0.15) is 0 Å². The SMILES string of the molecule is CC/C=C\C/C=C\C/C=C\C/C=C\C/C=C\C/C=C\CCCCCCC(=O)OCC(COC(=O)CCCCCCCCCCCC)OC(=O)CCCCC/C=C\C/C=C\C/C=C\CC. The average molecular weight is 887 g/mol. The van der Waals surface area contributed by atoms with Crippen molar-refractivity contribution < 1.29 is 28.6 Å². The highest BCUT2D eigenvalue weighted by Gasteiger charge is 2.19. The fourth-order valence-corrected chi connectivity index (χ4v) is 6.69. The summed E-state index contributed by atoms with van der Waals surface area (Å²) < 4.78 is 16.7. The molecule has 0 aromatic heterocycles. The van der Waals surface area contributed by atoms with E-state index < -0.39 is 6.10 Å². The lowest BCUT2D eigenvalue weighted by Gasteiger charge is -2.18. The maximum Gasteiger partial charge on any atom is 0.306 e. The molecule has 0 aliphatic rings. The molecule has 64 heavy (non-hydrogen) atoms. The van der Waals surface area contributed by atoms with Crippen LogP contribution in [0.15, 0.2) is 109 Å². The summed E-state index contributed by atoms with van der Waals surface area (Å²) in [6.45, 7) is 6.33. The van der Waals surface area contributed by atoms with Crippen LogP contribution in [0.3, 0.4) is 0 Å². The number of allylic oxidation sites excluding steroid dienone is 18. The van der Waals surface area contributed by atoms with Crippen molar-refractivity contribution in [2.45, 2.75) is 226 Å². The van der Waals surface area contributed by atoms with Gasteiger partial charge < -0.3 is 14.2 Å². The third-order valence-electron chi connectivity index (χ3n) is 10.5. The molecule has 0 heterocycles. The van der Waals surface area contributed by atoms with E-state index in [4.69, 9.17) is 14.2 Å². The van der Waals surface area contributed by atoms with E-state index in [0.717, 1.165) is 135 Å². The summed E-state index contributed by atoms with van der Waals surface area (Å²) in [5, 5.41) is 0. The lowest BCUT2D eigenvalue weighted by atomic mass is 10.1. The Morgan fingerprint density at radius 3 is 0.969 bits per heavy atom. The summed E-state index contributed by atoms with van der Waals surface area (Å²) in [6.07, 6.45) is 69.3. The first-order valence-electron chi connectivity index (χ1n) is 25.9. The van der Waals surface area contributed by atoms with Gasteiger partial charge in [0.25, 0.3) is 0 Å². The van der Waals surface area contributed by atoms with E-state index in [1.807, 2.05) is 0 Å². The van der Waals surface area contributed by atoms with Crippen molar-refractivity contribution >= 4 is 17.9 Å². The molecule has 0 aromatic carbocycles. The van der Waals surface area contributed by atoms with E-state index in [0.29, 0.717) is 12.8 Å². The zero-order valence-electron chi connectivity index (χ0n) is 41.3. The lowest BCUT2D eigenvalue weighted by molar-refractivity contribution is -0.167. The van der Waals surface area contributed by atoms with Gasteiger partial charge in [-0.1, -0.05) is 207 Å². The Morgan fingerprint density at radius 2 is 0.609 bits per heavy atom. The monoisotopic (exact) mass is 887 g/mol. The van der Waals surface area contributed by atoms with Crippen molar-refractivity contribution in [3.63, 3.8) is 0 Å². The highest BCUT2D eigenvalue weighted by molar-refractivity contribution is 5.71. The van der Waals surface area contributed by atoms with Gasteiger partial charge in [-0.3, -0.25) is 14.4 Å². The maximum absolute atomic E-state index is 12.8. The highest BCUT2D eigenvalue weighted by atomic mass is 16.6. The van der Waals surface area contributed by atoms with Crippen LogP contribution in [-0.4, -0.2) is 37.2 Å². The van der Waals surface area contributed by atoms with Crippen molar-refractivity contribution in [1.82, 2.24) is 0 Å². The van der Waals surface area contributed by atoms with Crippen LogP contribution < -0.4 is 0 Å². The third kappa shape index (κ3) is 49.1. The Labute approximate surface area is 393 Å². The fourth-order valence-electron chi connectivity index (χ4n) is 6.69. The van der Waals surface area contributed by atoms with Crippen molar-refractivity contribution in [3.8, 4) is 0 Å². The molecule has 0 N–H and O–H groups in total. The smallest absolute Gasteiger partial charge is 0.306 e. The molecule has 1 atom stereocenters. The summed E-state index contributed by atoms with van der Waals surface area (Å²) in [6, 6.07) is 0. The molecule has 0 spiro atoms. The lowest BCUT2D eigenvalue weighted by Crippen LogP contribution is -2.30. The molecule has 6 nitrogen and oxygen atoms in total. The number of unbranched alkanes of at least 4 members (excludes halogenated alkanes) is 16. The molecule has 0 aliphatic heterocycles. The van der Waals surface area contributed by atoms with Gasteiger partial charge in [0.2, 0.25) is 0 Å². The van der Waals surface area contributed by atoms with Crippen LogP contribution in [0.1, 0.15) is 220 Å². The first kappa shape index (κ1) is 60.1. The minimum Gasteiger partial charge on any atom is -0.462 e. The van der Waals surface area contributed by atoms with Crippen molar-refractivity contribution in [2.24, 2.45) is 0 Å². The molecular formula is C58H94O6. The van der Waals surface area contributed by atoms with Crippen LogP contribution in [-0.2, 0) is 28.6 Å². The largest absolute Gasteiger partial charge is 0.462 e. The fraction of sp³-hybridized carbons (Fsp3) is 0.638. The van der Waals surface area contributed by atoms with Crippen molar-refractivity contribution in [3.05, 3.63) is 109 Å². The Hall–Kier alpha value is -3.93. The van der Waals surface area contributed by atoms with Crippen LogP contribution in [0.5, 0.6) is 0 Å². The summed E-state index contributed by atoms with van der Waals surface area (Å²) in [5.74, 6) is -0.962. The highest BCUT2D eigenvalue weighted by Crippen LogP contribution is 2.13. The zero-order chi connectivity index (χ0) is 46.5. The van der Waals surface area contributed by atoms with Gasteiger partial charge in [0.05, 0.1) is 0 Å². The predicted octanol–water partition coefficient (Wildman–Crippen LogP) is 17.1.